The summed E-state index contributed by atoms with van der Waals surface area (Å²) in [5.74, 6) is -0.294. The molecule has 0 atom stereocenters. The lowest BCUT2D eigenvalue weighted by molar-refractivity contribution is 0.0908. The zero-order valence-corrected chi connectivity index (χ0v) is 13.2. The number of rotatable bonds is 5. The molecule has 0 radical (unpaired) electrons. The molecule has 1 aromatic carbocycles. The van der Waals surface area contributed by atoms with E-state index in [4.69, 9.17) is 5.14 Å². The van der Waals surface area contributed by atoms with Crippen molar-refractivity contribution in [1.29, 1.82) is 0 Å². The van der Waals surface area contributed by atoms with Gasteiger partial charge in [0.25, 0.3) is 5.91 Å². The molecule has 0 spiro atoms. The number of hydrogen-bond acceptors (Lipinski definition) is 3. The van der Waals surface area contributed by atoms with Crippen LogP contribution in [0.1, 0.15) is 49.5 Å². The Balaban J connectivity index is 3.09. The second kappa shape index (κ2) is 5.93. The van der Waals surface area contributed by atoms with Crippen LogP contribution in [0.15, 0.2) is 23.1 Å². The van der Waals surface area contributed by atoms with Crippen LogP contribution < -0.4 is 10.5 Å². The molecule has 0 aliphatic rings. The molecule has 0 unspecified atom stereocenters. The summed E-state index contributed by atoms with van der Waals surface area (Å²) in [5.41, 5.74) is 0.644. The number of sulfonamides is 1. The molecule has 0 fully saturated rings. The Bertz CT molecular complexity index is 607. The number of nitrogens with one attached hydrogen (secondary N) is 1. The Hall–Kier alpha value is -1.40. The van der Waals surface area contributed by atoms with Crippen molar-refractivity contribution in [2.75, 3.05) is 0 Å². The SMILES string of the molecule is CCCC(C)(C)NC(=O)c1cc(C)cc(S(N)(=O)=O)c1. The van der Waals surface area contributed by atoms with E-state index in [0.717, 1.165) is 12.8 Å². The minimum atomic E-state index is -3.82. The molecule has 1 amide bonds. The maximum atomic E-state index is 12.2. The highest BCUT2D eigenvalue weighted by atomic mass is 32.2. The number of hydrogen-bond donors (Lipinski definition) is 2. The molecule has 0 aliphatic heterocycles. The van der Waals surface area contributed by atoms with Crippen molar-refractivity contribution >= 4 is 15.9 Å². The van der Waals surface area contributed by atoms with Crippen LogP contribution in [-0.2, 0) is 10.0 Å². The van der Waals surface area contributed by atoms with Gasteiger partial charge in [-0.15, -0.1) is 0 Å². The third kappa shape index (κ3) is 4.61. The highest BCUT2D eigenvalue weighted by Gasteiger charge is 2.21. The van der Waals surface area contributed by atoms with Gasteiger partial charge in [0.05, 0.1) is 4.90 Å². The summed E-state index contributed by atoms with van der Waals surface area (Å²) in [5, 5.41) is 8.01. The second-order valence-electron chi connectivity index (χ2n) is 5.67. The average molecular weight is 298 g/mol. The Morgan fingerprint density at radius 2 is 1.90 bits per heavy atom. The van der Waals surface area contributed by atoms with Gasteiger partial charge < -0.3 is 5.32 Å². The first-order valence-electron chi connectivity index (χ1n) is 6.52. The van der Waals surface area contributed by atoms with Gasteiger partial charge >= 0.3 is 0 Å². The Morgan fingerprint density at radius 3 is 2.40 bits per heavy atom. The highest BCUT2D eigenvalue weighted by Crippen LogP contribution is 2.16. The topological polar surface area (TPSA) is 89.3 Å². The van der Waals surface area contributed by atoms with Crippen molar-refractivity contribution in [1.82, 2.24) is 5.32 Å². The molecule has 1 aromatic rings. The predicted molar refractivity (Wildman–Crippen MR) is 79.0 cm³/mol. The van der Waals surface area contributed by atoms with E-state index >= 15 is 0 Å². The monoisotopic (exact) mass is 298 g/mol. The maximum absolute atomic E-state index is 12.2. The molecule has 0 aliphatic carbocycles. The molecule has 0 heterocycles. The third-order valence-corrected chi connectivity index (χ3v) is 3.86. The van der Waals surface area contributed by atoms with Crippen LogP contribution in [0.2, 0.25) is 0 Å². The Kier molecular flexibility index (Phi) is 4.94. The van der Waals surface area contributed by atoms with Gasteiger partial charge in [0.1, 0.15) is 0 Å². The molecule has 0 aromatic heterocycles. The zero-order chi connectivity index (χ0) is 15.6. The molecule has 112 valence electrons. The number of aryl methyl sites for hydroxylation is 1. The first-order chi connectivity index (χ1) is 9.05. The summed E-state index contributed by atoms with van der Waals surface area (Å²) in [4.78, 5) is 12.2. The largest absolute Gasteiger partial charge is 0.347 e. The van der Waals surface area contributed by atoms with E-state index in [1.165, 1.54) is 12.1 Å². The van der Waals surface area contributed by atoms with E-state index in [2.05, 4.69) is 5.32 Å². The van der Waals surface area contributed by atoms with Gasteiger partial charge in [0, 0.05) is 11.1 Å². The van der Waals surface area contributed by atoms with E-state index in [1.54, 1.807) is 13.0 Å². The van der Waals surface area contributed by atoms with Crippen LogP contribution in [0, 0.1) is 6.92 Å². The smallest absolute Gasteiger partial charge is 0.251 e. The zero-order valence-electron chi connectivity index (χ0n) is 12.4. The van der Waals surface area contributed by atoms with Crippen LogP contribution in [0.5, 0.6) is 0 Å². The Labute approximate surface area is 120 Å². The number of carbonyl (C=O) groups excluding carboxylic acids is 1. The van der Waals surface area contributed by atoms with Gasteiger partial charge in [-0.25, -0.2) is 13.6 Å². The lowest BCUT2D eigenvalue weighted by Gasteiger charge is -2.26. The summed E-state index contributed by atoms with van der Waals surface area (Å²) < 4.78 is 22.8. The quantitative estimate of drug-likeness (QED) is 0.870. The van der Waals surface area contributed by atoms with Gasteiger partial charge in [-0.05, 0) is 51.0 Å². The molecular weight excluding hydrogens is 276 g/mol. The van der Waals surface area contributed by atoms with Crippen LogP contribution in [0.25, 0.3) is 0 Å². The molecule has 5 nitrogen and oxygen atoms in total. The van der Waals surface area contributed by atoms with E-state index < -0.39 is 10.0 Å². The fourth-order valence-electron chi connectivity index (χ4n) is 2.11. The number of amides is 1. The number of carbonyl (C=O) groups is 1. The average Bonchev–Trinajstić information content (AvgIpc) is 2.26. The normalized spacial score (nSPS) is 12.2. The fraction of sp³-hybridized carbons (Fsp3) is 0.500. The standard InChI is InChI=1S/C14H22N2O3S/c1-5-6-14(3,4)16-13(17)11-7-10(2)8-12(9-11)20(15,18)19/h7-9H,5-6H2,1-4H3,(H,16,17)(H2,15,18,19). The summed E-state index contributed by atoms with van der Waals surface area (Å²) >= 11 is 0. The molecule has 0 saturated carbocycles. The molecule has 20 heavy (non-hydrogen) atoms. The first kappa shape index (κ1) is 16.7. The van der Waals surface area contributed by atoms with E-state index in [9.17, 15) is 13.2 Å². The number of primary sulfonamides is 1. The summed E-state index contributed by atoms with van der Waals surface area (Å²) in [6.45, 7) is 7.64. The van der Waals surface area contributed by atoms with Gasteiger partial charge in [-0.2, -0.15) is 0 Å². The van der Waals surface area contributed by atoms with Crippen molar-refractivity contribution in [3.8, 4) is 0 Å². The molecule has 1 rings (SSSR count). The maximum Gasteiger partial charge on any atom is 0.251 e. The van der Waals surface area contributed by atoms with Gasteiger partial charge in [0.15, 0.2) is 0 Å². The van der Waals surface area contributed by atoms with Gasteiger partial charge in [-0.3, -0.25) is 4.79 Å². The van der Waals surface area contributed by atoms with Crippen LogP contribution in [-0.4, -0.2) is 19.9 Å². The van der Waals surface area contributed by atoms with Crippen LogP contribution in [0.4, 0.5) is 0 Å². The fourth-order valence-corrected chi connectivity index (χ4v) is 2.75. The summed E-state index contributed by atoms with van der Waals surface area (Å²) in [7, 11) is -3.82. The molecular formula is C14H22N2O3S. The highest BCUT2D eigenvalue weighted by molar-refractivity contribution is 7.89. The number of nitrogens with two attached hydrogens (primary N) is 1. The van der Waals surface area contributed by atoms with Crippen LogP contribution >= 0.6 is 0 Å². The van der Waals surface area contributed by atoms with Crippen molar-refractivity contribution in [3.05, 3.63) is 29.3 Å². The minimum absolute atomic E-state index is 0.0454. The minimum Gasteiger partial charge on any atom is -0.347 e. The van der Waals surface area contributed by atoms with Crippen molar-refractivity contribution < 1.29 is 13.2 Å². The first-order valence-corrected chi connectivity index (χ1v) is 8.07. The summed E-state index contributed by atoms with van der Waals surface area (Å²) in [6.07, 6.45) is 1.79. The molecule has 0 saturated heterocycles. The molecule has 0 bridgehead atoms. The van der Waals surface area contributed by atoms with Crippen LogP contribution in [0.3, 0.4) is 0 Å². The second-order valence-corrected chi connectivity index (χ2v) is 7.23. The molecule has 6 heteroatoms. The van der Waals surface area contributed by atoms with Gasteiger partial charge in [0.2, 0.25) is 10.0 Å². The lowest BCUT2D eigenvalue weighted by atomic mass is 9.98. The van der Waals surface area contributed by atoms with Crippen molar-refractivity contribution in [3.63, 3.8) is 0 Å². The van der Waals surface area contributed by atoms with E-state index in [0.29, 0.717) is 11.1 Å². The van der Waals surface area contributed by atoms with E-state index in [1.807, 2.05) is 20.8 Å². The van der Waals surface area contributed by atoms with Crippen molar-refractivity contribution in [2.24, 2.45) is 5.14 Å². The lowest BCUT2D eigenvalue weighted by Crippen LogP contribution is -2.43. The van der Waals surface area contributed by atoms with Crippen molar-refractivity contribution in [2.45, 2.75) is 51.0 Å². The molecule has 3 N–H and O–H groups in total. The summed E-state index contributed by atoms with van der Waals surface area (Å²) in [6, 6.07) is 4.40. The number of benzene rings is 1. The Morgan fingerprint density at radius 1 is 1.30 bits per heavy atom. The predicted octanol–water partition coefficient (Wildman–Crippen LogP) is 1.95. The van der Waals surface area contributed by atoms with E-state index in [-0.39, 0.29) is 16.3 Å². The third-order valence-electron chi connectivity index (χ3n) is 2.97. The van der Waals surface area contributed by atoms with Gasteiger partial charge in [-0.1, -0.05) is 13.3 Å².